The van der Waals surface area contributed by atoms with E-state index in [0.717, 1.165) is 24.6 Å². The van der Waals surface area contributed by atoms with Crippen LogP contribution in [0.1, 0.15) is 27.2 Å². The van der Waals surface area contributed by atoms with Crippen molar-refractivity contribution in [1.82, 2.24) is 4.37 Å². The Kier molecular flexibility index (Phi) is 6.82. The van der Waals surface area contributed by atoms with Gasteiger partial charge in [-0.3, -0.25) is 0 Å². The van der Waals surface area contributed by atoms with Gasteiger partial charge in [-0.05, 0) is 30.8 Å². The number of aromatic nitrogens is 1. The highest BCUT2D eigenvalue weighted by molar-refractivity contribution is 7.11. The molecular weight excluding hydrogens is 250 g/mol. The molecule has 0 fully saturated rings. The zero-order chi connectivity index (χ0) is 13.4. The average molecular weight is 273 g/mol. The summed E-state index contributed by atoms with van der Waals surface area (Å²) in [6.07, 6.45) is 1.09. The number of hydrogen-bond donors (Lipinski definition) is 2. The number of nitrogens with one attached hydrogen (secondary N) is 1. The summed E-state index contributed by atoms with van der Waals surface area (Å²) in [5.41, 5.74) is 5.72. The number of nitrogens with two attached hydrogens (primary N) is 1. The van der Waals surface area contributed by atoms with Gasteiger partial charge in [0.25, 0.3) is 0 Å². The molecule has 0 unspecified atom stereocenters. The minimum Gasteiger partial charge on any atom is -0.487 e. The molecule has 6 heteroatoms. The summed E-state index contributed by atoms with van der Waals surface area (Å²) in [5, 5.41) is 4.11. The Morgan fingerprint density at radius 2 is 2.17 bits per heavy atom. The van der Waals surface area contributed by atoms with Crippen LogP contribution in [0.15, 0.2) is 0 Å². The Morgan fingerprint density at radius 1 is 1.39 bits per heavy atom. The lowest BCUT2D eigenvalue weighted by Crippen LogP contribution is -2.11. The first kappa shape index (κ1) is 15.0. The van der Waals surface area contributed by atoms with Crippen molar-refractivity contribution in [1.29, 1.82) is 0 Å². The molecule has 0 aliphatic heterocycles. The molecule has 0 aliphatic carbocycles. The van der Waals surface area contributed by atoms with Crippen LogP contribution in [0.5, 0.6) is 5.75 Å². The summed E-state index contributed by atoms with van der Waals surface area (Å²) in [6, 6.07) is 0. The van der Waals surface area contributed by atoms with E-state index in [-0.39, 0.29) is 0 Å². The predicted molar refractivity (Wildman–Crippen MR) is 76.5 cm³/mol. The van der Waals surface area contributed by atoms with Crippen LogP contribution in [0.4, 0.5) is 10.8 Å². The standard InChI is InChI=1S/C12H23N3O2S/c1-4-17-10-11(13)15-18-12(10)14-6-8-16-7-5-9(2)3/h9,14H,4-8H2,1-3H3,(H2,13,15). The molecule has 1 aromatic heterocycles. The number of anilines is 2. The van der Waals surface area contributed by atoms with Crippen molar-refractivity contribution in [2.24, 2.45) is 5.92 Å². The SMILES string of the molecule is CCOc1c(N)nsc1NCCOCCC(C)C. The van der Waals surface area contributed by atoms with E-state index in [9.17, 15) is 0 Å². The van der Waals surface area contributed by atoms with E-state index < -0.39 is 0 Å². The third kappa shape index (κ3) is 5.10. The van der Waals surface area contributed by atoms with Crippen molar-refractivity contribution >= 4 is 22.4 Å². The maximum Gasteiger partial charge on any atom is 0.197 e. The molecule has 0 amide bonds. The van der Waals surface area contributed by atoms with Crippen molar-refractivity contribution in [2.75, 3.05) is 37.4 Å². The predicted octanol–water partition coefficient (Wildman–Crippen LogP) is 2.60. The summed E-state index contributed by atoms with van der Waals surface area (Å²) < 4.78 is 15.0. The molecule has 5 nitrogen and oxygen atoms in total. The molecule has 0 atom stereocenters. The number of nitrogens with zero attached hydrogens (tertiary/aromatic N) is 1. The molecular formula is C12H23N3O2S. The summed E-state index contributed by atoms with van der Waals surface area (Å²) >= 11 is 1.32. The Bertz CT molecular complexity index is 342. The highest BCUT2D eigenvalue weighted by Crippen LogP contribution is 2.34. The lowest BCUT2D eigenvalue weighted by Gasteiger charge is -2.09. The van der Waals surface area contributed by atoms with Crippen LogP contribution in [-0.2, 0) is 4.74 Å². The largest absolute Gasteiger partial charge is 0.487 e. The van der Waals surface area contributed by atoms with Gasteiger partial charge in [-0.25, -0.2) is 0 Å². The molecule has 1 heterocycles. The monoisotopic (exact) mass is 273 g/mol. The second-order valence-electron chi connectivity index (χ2n) is 4.38. The summed E-state index contributed by atoms with van der Waals surface area (Å²) in [7, 11) is 0. The molecule has 3 N–H and O–H groups in total. The number of rotatable bonds is 9. The summed E-state index contributed by atoms with van der Waals surface area (Å²) in [5.74, 6) is 1.79. The van der Waals surface area contributed by atoms with Crippen LogP contribution in [0.25, 0.3) is 0 Å². The van der Waals surface area contributed by atoms with Gasteiger partial charge in [0.2, 0.25) is 0 Å². The van der Waals surface area contributed by atoms with E-state index in [2.05, 4.69) is 23.5 Å². The Labute approximate surface area is 113 Å². The fourth-order valence-electron chi connectivity index (χ4n) is 1.35. The molecule has 0 radical (unpaired) electrons. The van der Waals surface area contributed by atoms with Crippen LogP contribution in [0, 0.1) is 5.92 Å². The lowest BCUT2D eigenvalue weighted by molar-refractivity contribution is 0.132. The average Bonchev–Trinajstić information content (AvgIpc) is 2.66. The molecule has 0 saturated carbocycles. The first-order valence-corrected chi connectivity index (χ1v) is 7.12. The number of hydrogen-bond acceptors (Lipinski definition) is 6. The lowest BCUT2D eigenvalue weighted by atomic mass is 10.1. The van der Waals surface area contributed by atoms with Crippen LogP contribution in [0.3, 0.4) is 0 Å². The van der Waals surface area contributed by atoms with Gasteiger partial charge in [0.15, 0.2) is 16.6 Å². The van der Waals surface area contributed by atoms with Crippen molar-refractivity contribution in [3.8, 4) is 5.75 Å². The van der Waals surface area contributed by atoms with Crippen molar-refractivity contribution < 1.29 is 9.47 Å². The quantitative estimate of drug-likeness (QED) is 0.677. The first-order chi connectivity index (χ1) is 8.65. The Balaban J connectivity index is 2.22. The van der Waals surface area contributed by atoms with Crippen molar-refractivity contribution in [3.63, 3.8) is 0 Å². The van der Waals surface area contributed by atoms with E-state index in [1.54, 1.807) is 0 Å². The molecule has 0 bridgehead atoms. The minimum absolute atomic E-state index is 0.449. The van der Waals surface area contributed by atoms with Crippen molar-refractivity contribution in [3.05, 3.63) is 0 Å². The smallest absolute Gasteiger partial charge is 0.197 e. The number of nitrogen functional groups attached to an aromatic ring is 1. The third-order valence-electron chi connectivity index (χ3n) is 2.33. The van der Waals surface area contributed by atoms with Crippen LogP contribution in [-0.4, -0.2) is 30.7 Å². The van der Waals surface area contributed by atoms with Gasteiger partial charge in [-0.2, -0.15) is 4.37 Å². The second kappa shape index (κ2) is 8.16. The van der Waals surface area contributed by atoms with Gasteiger partial charge in [0, 0.05) is 13.2 Å². The van der Waals surface area contributed by atoms with E-state index in [4.69, 9.17) is 15.2 Å². The molecule has 104 valence electrons. The highest BCUT2D eigenvalue weighted by Gasteiger charge is 2.11. The topological polar surface area (TPSA) is 69.4 Å². The van der Waals surface area contributed by atoms with E-state index >= 15 is 0 Å². The fourth-order valence-corrected chi connectivity index (χ4v) is 2.03. The minimum atomic E-state index is 0.449. The zero-order valence-electron chi connectivity index (χ0n) is 11.4. The Hall–Kier alpha value is -1.01. The fraction of sp³-hybridized carbons (Fsp3) is 0.750. The number of ether oxygens (including phenoxy) is 2. The second-order valence-corrected chi connectivity index (χ2v) is 5.15. The molecule has 18 heavy (non-hydrogen) atoms. The molecule has 0 aromatic carbocycles. The van der Waals surface area contributed by atoms with E-state index in [1.807, 2.05) is 6.92 Å². The van der Waals surface area contributed by atoms with Gasteiger partial charge in [-0.1, -0.05) is 13.8 Å². The first-order valence-electron chi connectivity index (χ1n) is 6.34. The van der Waals surface area contributed by atoms with Crippen LogP contribution in [0.2, 0.25) is 0 Å². The van der Waals surface area contributed by atoms with E-state index in [0.29, 0.717) is 30.7 Å². The van der Waals surface area contributed by atoms with E-state index in [1.165, 1.54) is 11.5 Å². The zero-order valence-corrected chi connectivity index (χ0v) is 12.2. The van der Waals surface area contributed by atoms with Crippen LogP contribution < -0.4 is 15.8 Å². The maximum atomic E-state index is 5.72. The normalized spacial score (nSPS) is 10.9. The molecule has 0 spiro atoms. The third-order valence-corrected chi connectivity index (χ3v) is 3.13. The van der Waals surface area contributed by atoms with Gasteiger partial charge in [0.1, 0.15) is 0 Å². The summed E-state index contributed by atoms with van der Waals surface area (Å²) in [4.78, 5) is 0. The Morgan fingerprint density at radius 3 is 2.83 bits per heavy atom. The molecule has 1 aromatic rings. The molecule has 0 saturated heterocycles. The van der Waals surface area contributed by atoms with Gasteiger partial charge < -0.3 is 20.5 Å². The summed E-state index contributed by atoms with van der Waals surface area (Å²) in [6.45, 7) is 9.11. The highest BCUT2D eigenvalue weighted by atomic mass is 32.1. The maximum absolute atomic E-state index is 5.72. The molecule has 1 rings (SSSR count). The van der Waals surface area contributed by atoms with Gasteiger partial charge >= 0.3 is 0 Å². The molecule has 0 aliphatic rings. The van der Waals surface area contributed by atoms with Crippen molar-refractivity contribution in [2.45, 2.75) is 27.2 Å². The van der Waals surface area contributed by atoms with Gasteiger partial charge in [-0.15, -0.1) is 0 Å². The van der Waals surface area contributed by atoms with Gasteiger partial charge in [0.05, 0.1) is 13.2 Å². The van der Waals surface area contributed by atoms with Crippen LogP contribution >= 0.6 is 11.5 Å².